The second kappa shape index (κ2) is 9.34. The van der Waals surface area contributed by atoms with Gasteiger partial charge < -0.3 is 16.4 Å². The van der Waals surface area contributed by atoms with Gasteiger partial charge in [-0.2, -0.15) is 0 Å². The summed E-state index contributed by atoms with van der Waals surface area (Å²) in [4.78, 5) is 34.5. The number of hydrogen-bond donors (Lipinski definition) is 4. The zero-order chi connectivity index (χ0) is 26.4. The van der Waals surface area contributed by atoms with Crippen LogP contribution in [0.25, 0.3) is 33.4 Å². The Balaban J connectivity index is 0.000000152. The average Bonchev–Trinajstić information content (AvgIpc) is 3.69. The van der Waals surface area contributed by atoms with E-state index in [9.17, 15) is 9.59 Å². The molecule has 1 fully saturated rings. The Hall–Kier alpha value is -4.64. The van der Waals surface area contributed by atoms with Gasteiger partial charge in [0, 0.05) is 24.0 Å². The van der Waals surface area contributed by atoms with Crippen LogP contribution in [0.4, 0.5) is 0 Å². The van der Waals surface area contributed by atoms with Crippen LogP contribution in [0.1, 0.15) is 52.0 Å². The van der Waals surface area contributed by atoms with Gasteiger partial charge in [-0.25, -0.2) is 19.0 Å². The number of carbonyl (C=O) groups excluding carboxylic acids is 2. The molecular formula is C27H29N9O2. The van der Waals surface area contributed by atoms with Crippen molar-refractivity contribution in [2.75, 3.05) is 19.6 Å². The number of carbonyl (C=O) groups is 2. The molecule has 0 saturated carbocycles. The molecule has 11 heteroatoms. The summed E-state index contributed by atoms with van der Waals surface area (Å²) in [5.74, 6) is -0.359. The number of H-pyrrole nitrogens is 2. The number of imidazole rings is 2. The molecule has 0 unspecified atom stereocenters. The molecule has 6 aromatic rings. The maximum Gasteiger partial charge on any atom is 0.250 e. The molecule has 6 N–H and O–H groups in total. The molecule has 38 heavy (non-hydrogen) atoms. The SMILES string of the molecule is CCN1CCC(c2c[nH]n3c2nc2cccc(C(N)=O)c23)CC1.NC(=O)c1cccc2nc3cc[nH]n3c12. The van der Waals surface area contributed by atoms with E-state index in [2.05, 4.69) is 27.0 Å². The van der Waals surface area contributed by atoms with Crippen LogP contribution in [-0.4, -0.2) is 65.5 Å². The van der Waals surface area contributed by atoms with E-state index >= 15 is 0 Å². The zero-order valence-electron chi connectivity index (χ0n) is 21.0. The molecule has 0 atom stereocenters. The molecule has 1 saturated heterocycles. The summed E-state index contributed by atoms with van der Waals surface area (Å²) in [6, 6.07) is 12.7. The summed E-state index contributed by atoms with van der Waals surface area (Å²) >= 11 is 0. The number of primary amides is 2. The molecule has 2 amide bonds. The molecule has 11 nitrogen and oxygen atoms in total. The highest BCUT2D eigenvalue weighted by Gasteiger charge is 2.24. The van der Waals surface area contributed by atoms with Crippen molar-refractivity contribution in [3.8, 4) is 0 Å². The maximum absolute atomic E-state index is 11.7. The number of nitrogens with two attached hydrogens (primary N) is 2. The van der Waals surface area contributed by atoms with E-state index in [1.54, 1.807) is 28.9 Å². The van der Waals surface area contributed by atoms with E-state index in [4.69, 9.17) is 16.5 Å². The van der Waals surface area contributed by atoms with Gasteiger partial charge in [0.05, 0.1) is 22.2 Å². The largest absolute Gasteiger partial charge is 0.366 e. The minimum Gasteiger partial charge on any atom is -0.366 e. The topological polar surface area (TPSA) is 156 Å². The van der Waals surface area contributed by atoms with Crippen molar-refractivity contribution in [3.63, 3.8) is 0 Å². The molecule has 7 rings (SSSR count). The van der Waals surface area contributed by atoms with E-state index < -0.39 is 11.8 Å². The molecule has 0 aliphatic carbocycles. The number of nitrogens with zero attached hydrogens (tertiary/aromatic N) is 5. The summed E-state index contributed by atoms with van der Waals surface area (Å²) in [6.45, 7) is 5.59. The minimum absolute atomic E-state index is 0.426. The third kappa shape index (κ3) is 3.88. The number of hydrogen-bond acceptors (Lipinski definition) is 5. The lowest BCUT2D eigenvalue weighted by molar-refractivity contribution is 0.0993. The molecule has 5 heterocycles. The van der Waals surface area contributed by atoms with Gasteiger partial charge in [0.1, 0.15) is 11.0 Å². The second-order valence-corrected chi connectivity index (χ2v) is 9.55. The molecule has 0 bridgehead atoms. The molecular weight excluding hydrogens is 482 g/mol. The van der Waals surface area contributed by atoms with Crippen LogP contribution in [0.15, 0.2) is 54.9 Å². The van der Waals surface area contributed by atoms with Crippen molar-refractivity contribution in [3.05, 3.63) is 71.5 Å². The molecule has 4 aromatic heterocycles. The van der Waals surface area contributed by atoms with Crippen LogP contribution in [0.3, 0.4) is 0 Å². The van der Waals surface area contributed by atoms with E-state index in [0.29, 0.717) is 17.0 Å². The standard InChI is InChI=1S/C17H21N5O.C10H8N4O/c1-2-21-8-6-11(7-9-21)13-10-19-22-15-12(16(18)23)4-3-5-14(15)20-17(13)22;11-10(15)6-2-1-3-7-9(6)14-8(13-7)4-5-12-14/h3-5,10-11,19H,2,6-9H2,1H3,(H2,18,23);1-5,12H,(H2,11,15). The predicted molar refractivity (Wildman–Crippen MR) is 145 cm³/mol. The Bertz CT molecular complexity index is 1800. The average molecular weight is 512 g/mol. The highest BCUT2D eigenvalue weighted by Crippen LogP contribution is 2.32. The van der Waals surface area contributed by atoms with E-state index in [0.717, 1.165) is 65.8 Å². The summed E-state index contributed by atoms with van der Waals surface area (Å²) < 4.78 is 3.65. The van der Waals surface area contributed by atoms with E-state index in [1.165, 1.54) is 5.56 Å². The first-order chi connectivity index (χ1) is 18.5. The number of aromatic nitrogens is 6. The molecule has 1 aliphatic heterocycles. The summed E-state index contributed by atoms with van der Waals surface area (Å²) in [5.41, 5.74) is 17.8. The van der Waals surface area contributed by atoms with Crippen molar-refractivity contribution in [1.82, 2.24) is 34.1 Å². The number of aromatic amines is 2. The first kappa shape index (κ1) is 23.7. The molecule has 194 valence electrons. The van der Waals surface area contributed by atoms with Crippen molar-refractivity contribution < 1.29 is 9.59 Å². The Kier molecular flexibility index (Phi) is 5.84. The van der Waals surface area contributed by atoms with Gasteiger partial charge in [-0.3, -0.25) is 19.8 Å². The lowest BCUT2D eigenvalue weighted by Gasteiger charge is -2.30. The highest BCUT2D eigenvalue weighted by atomic mass is 16.1. The summed E-state index contributed by atoms with van der Waals surface area (Å²) in [7, 11) is 0. The summed E-state index contributed by atoms with van der Waals surface area (Å²) in [5, 5.41) is 6.25. The van der Waals surface area contributed by atoms with Crippen LogP contribution in [0, 0.1) is 0 Å². The van der Waals surface area contributed by atoms with Gasteiger partial charge >= 0.3 is 0 Å². The number of rotatable bonds is 4. The zero-order valence-corrected chi connectivity index (χ0v) is 21.0. The molecule has 2 aromatic carbocycles. The normalized spacial score (nSPS) is 14.9. The first-order valence-electron chi connectivity index (χ1n) is 12.7. The summed E-state index contributed by atoms with van der Waals surface area (Å²) in [6.07, 6.45) is 6.09. The van der Waals surface area contributed by atoms with Crippen LogP contribution in [0.5, 0.6) is 0 Å². The van der Waals surface area contributed by atoms with Gasteiger partial charge in [-0.05, 0) is 62.7 Å². The maximum atomic E-state index is 11.7. The van der Waals surface area contributed by atoms with Gasteiger partial charge in [0.2, 0.25) is 0 Å². The molecule has 0 spiro atoms. The van der Waals surface area contributed by atoms with E-state index in [1.807, 2.05) is 35.0 Å². The number of amides is 2. The van der Waals surface area contributed by atoms with Crippen LogP contribution in [-0.2, 0) is 0 Å². The second-order valence-electron chi connectivity index (χ2n) is 9.55. The number of nitrogens with one attached hydrogen (secondary N) is 2. The number of benzene rings is 2. The quantitative estimate of drug-likeness (QED) is 0.286. The van der Waals surface area contributed by atoms with Gasteiger partial charge in [-0.1, -0.05) is 19.1 Å². The lowest BCUT2D eigenvalue weighted by Crippen LogP contribution is -2.32. The van der Waals surface area contributed by atoms with Gasteiger partial charge in [-0.15, -0.1) is 0 Å². The smallest absolute Gasteiger partial charge is 0.250 e. The molecule has 0 radical (unpaired) electrons. The fraction of sp³-hybridized carbons (Fsp3) is 0.259. The number of piperidine rings is 1. The highest BCUT2D eigenvalue weighted by molar-refractivity contribution is 6.05. The van der Waals surface area contributed by atoms with Crippen LogP contribution >= 0.6 is 0 Å². The van der Waals surface area contributed by atoms with Gasteiger partial charge in [0.15, 0.2) is 11.3 Å². The third-order valence-corrected chi connectivity index (χ3v) is 7.43. The first-order valence-corrected chi connectivity index (χ1v) is 12.7. The number of fused-ring (bicyclic) bond motifs is 6. The van der Waals surface area contributed by atoms with Gasteiger partial charge in [0.25, 0.3) is 11.8 Å². The Morgan fingerprint density at radius 2 is 1.53 bits per heavy atom. The van der Waals surface area contributed by atoms with Crippen molar-refractivity contribution in [2.45, 2.75) is 25.7 Å². The van der Waals surface area contributed by atoms with Crippen LogP contribution in [0.2, 0.25) is 0 Å². The van der Waals surface area contributed by atoms with Crippen LogP contribution < -0.4 is 11.5 Å². The Labute approximate surface area is 217 Å². The fourth-order valence-electron chi connectivity index (χ4n) is 5.48. The lowest BCUT2D eigenvalue weighted by atomic mass is 9.91. The molecule has 1 aliphatic rings. The number of para-hydroxylation sites is 2. The fourth-order valence-corrected chi connectivity index (χ4v) is 5.48. The van der Waals surface area contributed by atoms with E-state index in [-0.39, 0.29) is 0 Å². The van der Waals surface area contributed by atoms with Crippen molar-refractivity contribution >= 4 is 45.2 Å². The van der Waals surface area contributed by atoms with Crippen molar-refractivity contribution in [1.29, 1.82) is 0 Å². The monoisotopic (exact) mass is 511 g/mol. The Morgan fingerprint density at radius 3 is 2.16 bits per heavy atom. The van der Waals surface area contributed by atoms with Crippen molar-refractivity contribution in [2.24, 2.45) is 11.5 Å². The number of likely N-dealkylation sites (tertiary alicyclic amines) is 1. The minimum atomic E-state index is -0.447. The third-order valence-electron chi connectivity index (χ3n) is 7.43. The Morgan fingerprint density at radius 1 is 0.895 bits per heavy atom. The predicted octanol–water partition coefficient (Wildman–Crippen LogP) is 3.03.